The lowest BCUT2D eigenvalue weighted by Crippen LogP contribution is -2.58. The highest BCUT2D eigenvalue weighted by molar-refractivity contribution is 8.02. The highest BCUT2D eigenvalue weighted by Crippen LogP contribution is 2.68. The molecule has 3 fully saturated rings. The average molecular weight is 474 g/mol. The number of hydrogen-bond donors (Lipinski definition) is 3. The number of aliphatic hydroxyl groups is 1. The summed E-state index contributed by atoms with van der Waals surface area (Å²) in [7, 11) is 0. The van der Waals surface area contributed by atoms with Crippen LogP contribution in [-0.4, -0.2) is 63.0 Å². The number of nitrogens with zero attached hydrogens (tertiary/aromatic N) is 1. The zero-order valence-corrected chi connectivity index (χ0v) is 20.4. The Morgan fingerprint density at radius 2 is 1.94 bits per heavy atom. The first-order valence-corrected chi connectivity index (χ1v) is 13.0. The minimum Gasteiger partial charge on any atom is -0.394 e. The van der Waals surface area contributed by atoms with Gasteiger partial charge in [-0.05, 0) is 30.7 Å². The zero-order valence-electron chi connectivity index (χ0n) is 19.6. The molecule has 0 saturated carbocycles. The average Bonchev–Trinajstić information content (AvgIpc) is 3.42. The van der Waals surface area contributed by atoms with Gasteiger partial charge in [-0.15, -0.1) is 11.8 Å². The normalized spacial score (nSPS) is 33.2. The molecule has 3 aliphatic heterocycles. The molecule has 8 heteroatoms. The summed E-state index contributed by atoms with van der Waals surface area (Å²) in [4.78, 5) is 42.4. The molecule has 1 spiro atoms. The number of likely N-dealkylation sites (tertiary alicyclic amines) is 1. The lowest BCUT2D eigenvalue weighted by Gasteiger charge is -2.40. The number of thioether (sulfide) groups is 1. The van der Waals surface area contributed by atoms with E-state index >= 15 is 0 Å². The van der Waals surface area contributed by atoms with Crippen LogP contribution in [0.25, 0.3) is 0 Å². The summed E-state index contributed by atoms with van der Waals surface area (Å²) in [6.45, 7) is 6.77. The van der Waals surface area contributed by atoms with Crippen LogP contribution in [0.2, 0.25) is 0 Å². The third kappa shape index (κ3) is 3.85. The lowest BCUT2D eigenvalue weighted by molar-refractivity contribution is -0.142. The molecule has 1 aromatic rings. The Balaban J connectivity index is 1.69. The van der Waals surface area contributed by atoms with Gasteiger partial charge in [-0.2, -0.15) is 0 Å². The summed E-state index contributed by atoms with van der Waals surface area (Å²) in [5, 5.41) is 16.2. The first-order valence-electron chi connectivity index (χ1n) is 12.1. The van der Waals surface area contributed by atoms with Crippen LogP contribution >= 0.6 is 11.8 Å². The minimum absolute atomic E-state index is 0.0339. The molecule has 1 aromatic carbocycles. The van der Waals surface area contributed by atoms with Gasteiger partial charge in [-0.3, -0.25) is 14.4 Å². The van der Waals surface area contributed by atoms with Crippen LogP contribution in [0.15, 0.2) is 30.3 Å². The minimum atomic E-state index is -0.704. The van der Waals surface area contributed by atoms with Crippen molar-refractivity contribution in [1.82, 2.24) is 15.5 Å². The van der Waals surface area contributed by atoms with Crippen LogP contribution in [0.3, 0.4) is 0 Å². The summed E-state index contributed by atoms with van der Waals surface area (Å²) in [5.74, 6) is -1.30. The number of aliphatic hydroxyl groups excluding tert-OH is 1. The lowest BCUT2D eigenvalue weighted by atomic mass is 9.66. The maximum atomic E-state index is 13.9. The number of carbonyl (C=O) groups is 3. The molecule has 2 bridgehead atoms. The van der Waals surface area contributed by atoms with E-state index < -0.39 is 28.7 Å². The van der Waals surface area contributed by atoms with Gasteiger partial charge >= 0.3 is 0 Å². The van der Waals surface area contributed by atoms with Gasteiger partial charge < -0.3 is 20.6 Å². The molecule has 3 unspecified atom stereocenters. The Hall–Kier alpha value is -2.06. The first kappa shape index (κ1) is 24.1. The van der Waals surface area contributed by atoms with Gasteiger partial charge in [0.2, 0.25) is 17.7 Å². The number of hydrogen-bond acceptors (Lipinski definition) is 5. The molecule has 0 aromatic heterocycles. The summed E-state index contributed by atoms with van der Waals surface area (Å²) < 4.78 is -0.653. The van der Waals surface area contributed by atoms with E-state index in [2.05, 4.69) is 17.6 Å². The van der Waals surface area contributed by atoms with Gasteiger partial charge in [-0.25, -0.2) is 0 Å². The second kappa shape index (κ2) is 9.66. The topological polar surface area (TPSA) is 98.7 Å². The van der Waals surface area contributed by atoms with Crippen molar-refractivity contribution in [3.8, 4) is 0 Å². The number of nitrogens with one attached hydrogen (secondary N) is 2. The summed E-state index contributed by atoms with van der Waals surface area (Å²) in [6, 6.07) is 8.54. The van der Waals surface area contributed by atoms with E-state index in [1.54, 1.807) is 16.7 Å². The van der Waals surface area contributed by atoms with E-state index in [-0.39, 0.29) is 35.5 Å². The fourth-order valence-electron chi connectivity index (χ4n) is 6.11. The third-order valence-electron chi connectivity index (χ3n) is 7.67. The Labute approximate surface area is 200 Å². The van der Waals surface area contributed by atoms with Crippen molar-refractivity contribution < 1.29 is 19.5 Å². The standard InChI is InChI=1S/C25H35N3O4S/c1-4-11-26-22(30)19-18-12-15(3)25(33-18)20(19)24(32)28(17(5-2)14-29)21(25)23(31)27-13-16-9-7-6-8-10-16/h6-10,15,17-21,29H,4-5,11-14H2,1-3H3,(H,26,30)(H,27,31)/t15?,17-,18+,19-,20-,21?,25?/m0/s1. The fourth-order valence-corrected chi connectivity index (χ4v) is 8.52. The number of carbonyl (C=O) groups excluding carboxylic acids is 3. The van der Waals surface area contributed by atoms with Gasteiger partial charge in [0.25, 0.3) is 0 Å². The Morgan fingerprint density at radius 1 is 1.21 bits per heavy atom. The zero-order chi connectivity index (χ0) is 23.8. The molecule has 3 saturated heterocycles. The second-order valence-corrected chi connectivity index (χ2v) is 11.1. The molecule has 180 valence electrons. The molecule has 33 heavy (non-hydrogen) atoms. The van der Waals surface area contributed by atoms with Crippen LogP contribution in [0, 0.1) is 17.8 Å². The second-order valence-electron chi connectivity index (χ2n) is 9.54. The molecule has 3 aliphatic rings. The number of benzene rings is 1. The van der Waals surface area contributed by atoms with E-state index in [0.717, 1.165) is 18.4 Å². The fraction of sp³-hybridized carbons (Fsp3) is 0.640. The highest BCUT2D eigenvalue weighted by atomic mass is 32.2. The number of fused-ring (bicyclic) bond motifs is 1. The first-order chi connectivity index (χ1) is 15.9. The molecule has 0 radical (unpaired) electrons. The van der Waals surface area contributed by atoms with Gasteiger partial charge in [0.15, 0.2) is 0 Å². The van der Waals surface area contributed by atoms with Crippen molar-refractivity contribution in [2.24, 2.45) is 17.8 Å². The molecule has 3 heterocycles. The largest absolute Gasteiger partial charge is 0.394 e. The predicted octanol–water partition coefficient (Wildman–Crippen LogP) is 1.94. The maximum Gasteiger partial charge on any atom is 0.244 e. The monoisotopic (exact) mass is 473 g/mol. The van der Waals surface area contributed by atoms with Gasteiger partial charge in [-0.1, -0.05) is 51.1 Å². The SMILES string of the molecule is CCCNC(=O)[C@@H]1[C@H]2C(=O)N([C@@H](CC)CO)C(C(=O)NCc3ccccc3)C23S[C@@H]1CC3C. The molecule has 3 N–H and O–H groups in total. The molecule has 4 rings (SSSR count). The Kier molecular flexibility index (Phi) is 7.05. The van der Waals surface area contributed by atoms with Crippen molar-refractivity contribution >= 4 is 29.5 Å². The molecular weight excluding hydrogens is 438 g/mol. The van der Waals surface area contributed by atoms with E-state index in [9.17, 15) is 19.5 Å². The van der Waals surface area contributed by atoms with E-state index in [1.807, 2.05) is 44.2 Å². The van der Waals surface area contributed by atoms with Crippen LogP contribution < -0.4 is 10.6 Å². The number of rotatable bonds is 9. The van der Waals surface area contributed by atoms with Crippen LogP contribution in [0.1, 0.15) is 45.6 Å². The van der Waals surface area contributed by atoms with Crippen molar-refractivity contribution in [2.45, 2.75) is 68.7 Å². The molecular formula is C25H35N3O4S. The van der Waals surface area contributed by atoms with Crippen molar-refractivity contribution in [3.05, 3.63) is 35.9 Å². The highest BCUT2D eigenvalue weighted by Gasteiger charge is 2.76. The quantitative estimate of drug-likeness (QED) is 0.509. The summed E-state index contributed by atoms with van der Waals surface area (Å²) >= 11 is 1.67. The maximum absolute atomic E-state index is 13.9. The molecule has 0 aliphatic carbocycles. The van der Waals surface area contributed by atoms with Crippen molar-refractivity contribution in [2.75, 3.05) is 13.2 Å². The van der Waals surface area contributed by atoms with Crippen molar-refractivity contribution in [3.63, 3.8) is 0 Å². The Bertz CT molecular complexity index is 893. The molecule has 3 amide bonds. The Morgan fingerprint density at radius 3 is 2.58 bits per heavy atom. The van der Waals surface area contributed by atoms with Crippen LogP contribution in [-0.2, 0) is 20.9 Å². The van der Waals surface area contributed by atoms with E-state index in [0.29, 0.717) is 19.5 Å². The number of amides is 3. The third-order valence-corrected chi connectivity index (χ3v) is 9.74. The summed E-state index contributed by atoms with van der Waals surface area (Å²) in [5.41, 5.74) is 0.984. The molecule has 7 nitrogen and oxygen atoms in total. The molecule has 7 atom stereocenters. The van der Waals surface area contributed by atoms with Gasteiger partial charge in [0.05, 0.1) is 29.2 Å². The van der Waals surface area contributed by atoms with Gasteiger partial charge in [0.1, 0.15) is 6.04 Å². The smallest absolute Gasteiger partial charge is 0.244 e. The predicted molar refractivity (Wildman–Crippen MR) is 128 cm³/mol. The van der Waals surface area contributed by atoms with Crippen LogP contribution in [0.4, 0.5) is 0 Å². The van der Waals surface area contributed by atoms with E-state index in [4.69, 9.17) is 0 Å². The van der Waals surface area contributed by atoms with E-state index in [1.165, 1.54) is 0 Å². The summed E-state index contributed by atoms with van der Waals surface area (Å²) in [6.07, 6.45) is 2.18. The van der Waals surface area contributed by atoms with Crippen LogP contribution in [0.5, 0.6) is 0 Å². The van der Waals surface area contributed by atoms with Gasteiger partial charge in [0, 0.05) is 18.3 Å². The van der Waals surface area contributed by atoms with Crippen molar-refractivity contribution in [1.29, 1.82) is 0 Å².